The van der Waals surface area contributed by atoms with Crippen molar-refractivity contribution in [2.24, 2.45) is 0 Å². The quantitative estimate of drug-likeness (QED) is 0.755. The van der Waals surface area contributed by atoms with Gasteiger partial charge in [-0.1, -0.05) is 0 Å². The molecule has 1 aromatic carbocycles. The minimum Gasteiger partial charge on any atom is -0.388 e. The number of nitrogens with one attached hydrogen (secondary N) is 1. The molecule has 5 nitrogen and oxygen atoms in total. The maximum Gasteiger partial charge on any atom is 0.336 e. The van der Waals surface area contributed by atoms with Crippen LogP contribution in [0.4, 0.5) is 11.4 Å². The van der Waals surface area contributed by atoms with Gasteiger partial charge in [0.2, 0.25) is 5.91 Å². The lowest BCUT2D eigenvalue weighted by molar-refractivity contribution is -0.122. The standard InChI is InChI=1S/C11H9N3O2S/c1-13-7-2-3-9-8(4-7)14(10(15)5-12)11(16)6-17-9/h2-4,13H,6H2,1H3. The van der Waals surface area contributed by atoms with Crippen LogP contribution < -0.4 is 10.2 Å². The molecule has 0 fully saturated rings. The Morgan fingerprint density at radius 1 is 1.59 bits per heavy atom. The van der Waals surface area contributed by atoms with Crippen LogP contribution >= 0.6 is 11.8 Å². The summed E-state index contributed by atoms with van der Waals surface area (Å²) < 4.78 is 0. The number of anilines is 2. The summed E-state index contributed by atoms with van der Waals surface area (Å²) in [4.78, 5) is 24.9. The molecule has 1 aromatic rings. The summed E-state index contributed by atoms with van der Waals surface area (Å²) in [5.74, 6) is -1.02. The molecule has 0 unspecified atom stereocenters. The van der Waals surface area contributed by atoms with E-state index in [1.54, 1.807) is 13.1 Å². The average Bonchev–Trinajstić information content (AvgIpc) is 2.37. The van der Waals surface area contributed by atoms with Gasteiger partial charge in [-0.3, -0.25) is 9.59 Å². The number of rotatable bonds is 1. The molecule has 1 heterocycles. The van der Waals surface area contributed by atoms with Crippen molar-refractivity contribution in [1.29, 1.82) is 5.26 Å². The van der Waals surface area contributed by atoms with E-state index in [1.807, 2.05) is 12.1 Å². The lowest BCUT2D eigenvalue weighted by Crippen LogP contribution is -2.39. The van der Waals surface area contributed by atoms with Crippen molar-refractivity contribution in [1.82, 2.24) is 0 Å². The van der Waals surface area contributed by atoms with Crippen LogP contribution in [0.5, 0.6) is 0 Å². The highest BCUT2D eigenvalue weighted by molar-refractivity contribution is 8.00. The Balaban J connectivity index is 2.53. The third kappa shape index (κ3) is 1.97. The first-order valence-corrected chi connectivity index (χ1v) is 5.87. The van der Waals surface area contributed by atoms with E-state index in [-0.39, 0.29) is 11.7 Å². The second-order valence-electron chi connectivity index (χ2n) is 3.37. The molecule has 2 amide bonds. The molecule has 0 aromatic heterocycles. The molecule has 0 atom stereocenters. The van der Waals surface area contributed by atoms with E-state index in [1.165, 1.54) is 17.8 Å². The van der Waals surface area contributed by atoms with Gasteiger partial charge < -0.3 is 5.32 Å². The van der Waals surface area contributed by atoms with Crippen molar-refractivity contribution in [3.05, 3.63) is 18.2 Å². The molecule has 17 heavy (non-hydrogen) atoms. The van der Waals surface area contributed by atoms with Gasteiger partial charge in [0, 0.05) is 17.6 Å². The predicted molar refractivity (Wildman–Crippen MR) is 64.8 cm³/mol. The van der Waals surface area contributed by atoms with Crippen LogP contribution in [0.3, 0.4) is 0 Å². The molecule has 1 aliphatic rings. The van der Waals surface area contributed by atoms with Crippen LogP contribution in [-0.2, 0) is 9.59 Å². The lowest BCUT2D eigenvalue weighted by atomic mass is 10.2. The van der Waals surface area contributed by atoms with Crippen LogP contribution in [0, 0.1) is 11.3 Å². The molecule has 2 rings (SSSR count). The summed E-state index contributed by atoms with van der Waals surface area (Å²) in [6.45, 7) is 0. The normalized spacial score (nSPS) is 13.9. The van der Waals surface area contributed by atoms with Gasteiger partial charge in [0.05, 0.1) is 11.4 Å². The molecule has 1 aliphatic heterocycles. The van der Waals surface area contributed by atoms with Crippen molar-refractivity contribution in [2.75, 3.05) is 23.0 Å². The zero-order valence-corrected chi connectivity index (χ0v) is 9.87. The second-order valence-corrected chi connectivity index (χ2v) is 4.38. The Bertz CT molecular complexity index is 536. The first kappa shape index (κ1) is 11.5. The maximum absolute atomic E-state index is 11.7. The van der Waals surface area contributed by atoms with Crippen molar-refractivity contribution in [3.8, 4) is 6.07 Å². The minimum absolute atomic E-state index is 0.180. The highest BCUT2D eigenvalue weighted by atomic mass is 32.2. The number of carbonyl (C=O) groups is 2. The number of amides is 2. The van der Waals surface area contributed by atoms with E-state index in [2.05, 4.69) is 5.32 Å². The minimum atomic E-state index is -0.843. The Hall–Kier alpha value is -2.00. The number of thioether (sulfide) groups is 1. The van der Waals surface area contributed by atoms with Gasteiger partial charge >= 0.3 is 5.91 Å². The zero-order chi connectivity index (χ0) is 12.4. The largest absolute Gasteiger partial charge is 0.388 e. The lowest BCUT2D eigenvalue weighted by Gasteiger charge is -2.25. The van der Waals surface area contributed by atoms with Crippen LogP contribution in [0.15, 0.2) is 23.1 Å². The van der Waals surface area contributed by atoms with Gasteiger partial charge in [0.15, 0.2) is 6.07 Å². The van der Waals surface area contributed by atoms with Crippen molar-refractivity contribution in [3.63, 3.8) is 0 Å². The monoisotopic (exact) mass is 247 g/mol. The van der Waals surface area contributed by atoms with Crippen LogP contribution in [0.25, 0.3) is 0 Å². The van der Waals surface area contributed by atoms with E-state index in [0.29, 0.717) is 5.69 Å². The fourth-order valence-corrected chi connectivity index (χ4v) is 2.45. The summed E-state index contributed by atoms with van der Waals surface area (Å²) in [7, 11) is 1.75. The number of fused-ring (bicyclic) bond motifs is 1. The number of imide groups is 1. The van der Waals surface area contributed by atoms with Gasteiger partial charge in [-0.15, -0.1) is 11.8 Å². The molecule has 86 valence electrons. The topological polar surface area (TPSA) is 73.2 Å². The molecular formula is C11H9N3O2S. The molecule has 0 radical (unpaired) electrons. The summed E-state index contributed by atoms with van der Waals surface area (Å²) in [5.41, 5.74) is 1.26. The van der Waals surface area contributed by atoms with Crippen LogP contribution in [0.2, 0.25) is 0 Å². The SMILES string of the molecule is CNc1ccc2c(c1)N(C(=O)C#N)C(=O)CS2. The molecule has 6 heteroatoms. The fourth-order valence-electron chi connectivity index (χ4n) is 1.58. The van der Waals surface area contributed by atoms with Crippen LogP contribution in [-0.4, -0.2) is 24.6 Å². The predicted octanol–water partition coefficient (Wildman–Crippen LogP) is 1.22. The first-order valence-electron chi connectivity index (χ1n) is 4.89. The number of hydrogen-bond acceptors (Lipinski definition) is 5. The van der Waals surface area contributed by atoms with Gasteiger partial charge in [0.1, 0.15) is 0 Å². The number of nitrogens with zero attached hydrogens (tertiary/aromatic N) is 2. The molecule has 0 saturated carbocycles. The van der Waals surface area contributed by atoms with E-state index < -0.39 is 5.91 Å². The molecule has 0 spiro atoms. The van der Waals surface area contributed by atoms with Crippen molar-refractivity contribution >= 4 is 35.0 Å². The van der Waals surface area contributed by atoms with Crippen molar-refractivity contribution < 1.29 is 9.59 Å². The van der Waals surface area contributed by atoms with E-state index in [9.17, 15) is 9.59 Å². The molecule has 1 N–H and O–H groups in total. The molecule has 0 bridgehead atoms. The first-order chi connectivity index (χ1) is 8.17. The Labute approximate surface area is 102 Å². The van der Waals surface area contributed by atoms with E-state index in [4.69, 9.17) is 5.26 Å². The van der Waals surface area contributed by atoms with Gasteiger partial charge in [-0.05, 0) is 18.2 Å². The summed E-state index contributed by atoms with van der Waals surface area (Å²) in [6.07, 6.45) is 0. The maximum atomic E-state index is 11.7. The zero-order valence-electron chi connectivity index (χ0n) is 9.06. The second kappa shape index (κ2) is 4.47. The number of nitriles is 1. The molecule has 0 aliphatic carbocycles. The van der Waals surface area contributed by atoms with Gasteiger partial charge in [-0.2, -0.15) is 5.26 Å². The Kier molecular flexibility index (Phi) is 3.02. The van der Waals surface area contributed by atoms with Crippen LogP contribution in [0.1, 0.15) is 0 Å². The fraction of sp³-hybridized carbons (Fsp3) is 0.182. The summed E-state index contributed by atoms with van der Waals surface area (Å²) in [6, 6.07) is 6.86. The average molecular weight is 247 g/mol. The number of benzene rings is 1. The molecule has 0 saturated heterocycles. The summed E-state index contributed by atoms with van der Waals surface area (Å²) >= 11 is 1.37. The smallest absolute Gasteiger partial charge is 0.336 e. The van der Waals surface area contributed by atoms with E-state index in [0.717, 1.165) is 15.5 Å². The highest BCUT2D eigenvalue weighted by Gasteiger charge is 2.30. The highest BCUT2D eigenvalue weighted by Crippen LogP contribution is 2.37. The molecular weight excluding hydrogens is 238 g/mol. The number of carbonyl (C=O) groups excluding carboxylic acids is 2. The van der Waals surface area contributed by atoms with Crippen molar-refractivity contribution in [2.45, 2.75) is 4.90 Å². The third-order valence-electron chi connectivity index (χ3n) is 2.39. The van der Waals surface area contributed by atoms with Gasteiger partial charge in [0.25, 0.3) is 0 Å². The van der Waals surface area contributed by atoms with E-state index >= 15 is 0 Å². The Morgan fingerprint density at radius 2 is 2.35 bits per heavy atom. The third-order valence-corrected chi connectivity index (χ3v) is 3.44. The Morgan fingerprint density at radius 3 is 3.00 bits per heavy atom. The van der Waals surface area contributed by atoms with Gasteiger partial charge in [-0.25, -0.2) is 4.90 Å². The number of hydrogen-bond donors (Lipinski definition) is 1. The summed E-state index contributed by atoms with van der Waals surface area (Å²) in [5, 5.41) is 11.6.